The van der Waals surface area contributed by atoms with E-state index >= 15 is 9.18 Å². The summed E-state index contributed by atoms with van der Waals surface area (Å²) in [5.74, 6) is -4.30. The molecule has 286 valence electrons. The minimum absolute atomic E-state index is 0.00497. The van der Waals surface area contributed by atoms with Crippen LogP contribution in [0, 0.1) is 5.82 Å². The molecule has 1 unspecified atom stereocenters. The van der Waals surface area contributed by atoms with Crippen molar-refractivity contribution < 1.29 is 54.5 Å². The Bertz CT molecular complexity index is 1990. The first-order valence-corrected chi connectivity index (χ1v) is 18.4. The Kier molecular flexibility index (Phi) is 10.7. The number of amides is 2. The number of anilines is 1. The topological polar surface area (TPSA) is 131 Å². The Hall–Kier alpha value is -4.39. The third-order valence-corrected chi connectivity index (χ3v) is 11.5. The number of hydrogen-bond acceptors (Lipinski definition) is 11. The molecule has 3 aromatic rings. The van der Waals surface area contributed by atoms with E-state index in [1.165, 1.54) is 23.2 Å². The van der Waals surface area contributed by atoms with Gasteiger partial charge in [0.25, 0.3) is 21.5 Å². The van der Waals surface area contributed by atoms with Gasteiger partial charge >= 0.3 is 12.5 Å². The average molecular weight is 786 g/mol. The maximum absolute atomic E-state index is 15.4. The minimum Gasteiger partial charge on any atom is -0.497 e. The lowest BCUT2D eigenvalue weighted by atomic mass is 9.87. The highest BCUT2D eigenvalue weighted by molar-refractivity contribution is 7.93. The molecule has 2 fully saturated rings. The molecule has 3 aliphatic heterocycles. The molecule has 2 amide bonds. The molecule has 4 heterocycles. The number of alkyl halides is 3. The first-order valence-electron chi connectivity index (χ1n) is 16.6. The number of nitrogens with zero attached hydrogens (tertiary/aromatic N) is 5. The molecule has 1 atom stereocenters. The largest absolute Gasteiger partial charge is 0.573 e. The molecule has 53 heavy (non-hydrogen) atoms. The van der Waals surface area contributed by atoms with Gasteiger partial charge in [0, 0.05) is 50.0 Å². The van der Waals surface area contributed by atoms with E-state index in [1.54, 1.807) is 6.92 Å². The molecule has 2 saturated heterocycles. The average Bonchev–Trinajstić information content (AvgIpc) is 3.35. The lowest BCUT2D eigenvalue weighted by Crippen LogP contribution is -2.55. The standard InChI is InChI=1S/C34H36ClF4N5O8S/c1-4-50-30-23(6-5-11-40-30)33(52-32(46)43-16-14-42(15-17-43)21-9-12-41(2)13-10-21)24-19-26(36)25(35)20-27(24)44(31(33)45)53(47,48)29-8-7-22(49-3)18-28(29)51-34(37,38)39/h5-8,11,18-21H,4,9-10,12-17H2,1-3H3. The van der Waals surface area contributed by atoms with Crippen LogP contribution in [0.2, 0.25) is 5.02 Å². The highest BCUT2D eigenvalue weighted by Gasteiger charge is 2.62. The van der Waals surface area contributed by atoms with Crippen LogP contribution in [0.15, 0.2) is 53.6 Å². The van der Waals surface area contributed by atoms with Gasteiger partial charge in [-0.2, -0.15) is 4.31 Å². The van der Waals surface area contributed by atoms with Gasteiger partial charge < -0.3 is 28.7 Å². The van der Waals surface area contributed by atoms with Crippen LogP contribution in [-0.2, 0) is 25.2 Å². The van der Waals surface area contributed by atoms with Crippen LogP contribution in [0.25, 0.3) is 0 Å². The summed E-state index contributed by atoms with van der Waals surface area (Å²) in [4.78, 5) is 38.1. The van der Waals surface area contributed by atoms with Crippen LogP contribution in [0.4, 0.5) is 28.0 Å². The molecular formula is C34H36ClF4N5O8S. The number of carbonyl (C=O) groups excluding carboxylic acids is 2. The van der Waals surface area contributed by atoms with Crippen LogP contribution in [-0.4, -0.2) is 113 Å². The molecule has 0 aliphatic carbocycles. The first kappa shape index (κ1) is 38.3. The van der Waals surface area contributed by atoms with E-state index < -0.39 is 66.7 Å². The number of benzene rings is 2. The van der Waals surface area contributed by atoms with Gasteiger partial charge in [0.05, 0.1) is 30.0 Å². The Morgan fingerprint density at radius 3 is 2.38 bits per heavy atom. The van der Waals surface area contributed by atoms with E-state index in [1.807, 2.05) is 0 Å². The highest BCUT2D eigenvalue weighted by atomic mass is 35.5. The maximum Gasteiger partial charge on any atom is 0.573 e. The lowest BCUT2D eigenvalue weighted by molar-refractivity contribution is -0.275. The molecule has 13 nitrogen and oxygen atoms in total. The molecule has 0 spiro atoms. The van der Waals surface area contributed by atoms with Gasteiger partial charge in [-0.25, -0.2) is 22.6 Å². The van der Waals surface area contributed by atoms with E-state index in [0.29, 0.717) is 25.2 Å². The number of halogens is 5. The fourth-order valence-corrected chi connectivity index (χ4v) is 8.58. The number of methoxy groups -OCH3 is 1. The second kappa shape index (κ2) is 14.8. The van der Waals surface area contributed by atoms with Gasteiger partial charge in [-0.05, 0) is 76.3 Å². The first-order chi connectivity index (χ1) is 25.1. The molecule has 0 saturated carbocycles. The van der Waals surface area contributed by atoms with Crippen LogP contribution < -0.4 is 18.5 Å². The van der Waals surface area contributed by atoms with E-state index in [0.717, 1.165) is 57.3 Å². The van der Waals surface area contributed by atoms with Crippen LogP contribution in [0.3, 0.4) is 0 Å². The van der Waals surface area contributed by atoms with Crippen molar-refractivity contribution in [1.29, 1.82) is 0 Å². The van der Waals surface area contributed by atoms with Gasteiger partial charge in [-0.1, -0.05) is 11.6 Å². The monoisotopic (exact) mass is 785 g/mol. The molecule has 6 rings (SSSR count). The normalized spacial score (nSPS) is 20.3. The predicted molar refractivity (Wildman–Crippen MR) is 182 cm³/mol. The molecule has 0 radical (unpaired) electrons. The van der Waals surface area contributed by atoms with Crippen LogP contribution >= 0.6 is 11.6 Å². The number of fused-ring (bicyclic) bond motifs is 1. The molecule has 2 aromatic carbocycles. The summed E-state index contributed by atoms with van der Waals surface area (Å²) in [5.41, 5.74) is -4.15. The SMILES string of the molecule is CCOc1ncccc1C1(OC(=O)N2CCN(C3CCN(C)CC3)CC2)C(=O)N(S(=O)(=O)c2ccc(OC)cc2OC(F)(F)F)c2cc(Cl)c(F)cc21. The van der Waals surface area contributed by atoms with Gasteiger partial charge in [-0.3, -0.25) is 9.69 Å². The number of pyridine rings is 1. The van der Waals surface area contributed by atoms with Crippen LogP contribution in [0.1, 0.15) is 30.9 Å². The predicted octanol–water partition coefficient (Wildman–Crippen LogP) is 5.01. The van der Waals surface area contributed by atoms with Crippen molar-refractivity contribution in [3.05, 3.63) is 70.6 Å². The molecule has 1 aromatic heterocycles. The second-order valence-electron chi connectivity index (χ2n) is 12.6. The quantitative estimate of drug-likeness (QED) is 0.272. The molecule has 0 bridgehead atoms. The van der Waals surface area contributed by atoms with Crippen molar-refractivity contribution in [3.8, 4) is 17.4 Å². The number of ether oxygens (including phenoxy) is 4. The van der Waals surface area contributed by atoms with E-state index in [9.17, 15) is 26.4 Å². The van der Waals surface area contributed by atoms with Crippen molar-refractivity contribution in [2.75, 3.05) is 64.3 Å². The van der Waals surface area contributed by atoms with Crippen molar-refractivity contribution in [1.82, 2.24) is 19.7 Å². The lowest BCUT2D eigenvalue weighted by Gasteiger charge is -2.42. The molecule has 0 N–H and O–H groups in total. The number of piperazine rings is 1. The van der Waals surface area contributed by atoms with E-state index in [2.05, 4.69) is 26.6 Å². The Labute approximate surface area is 307 Å². The summed E-state index contributed by atoms with van der Waals surface area (Å²) in [6, 6.07) is 6.98. The summed E-state index contributed by atoms with van der Waals surface area (Å²) < 4.78 is 106. The number of carbonyl (C=O) groups is 2. The van der Waals surface area contributed by atoms with Gasteiger partial charge in [-0.15, -0.1) is 13.2 Å². The van der Waals surface area contributed by atoms with Crippen molar-refractivity contribution in [2.24, 2.45) is 0 Å². The van der Waals surface area contributed by atoms with Crippen molar-refractivity contribution in [2.45, 2.75) is 42.7 Å². The number of aromatic nitrogens is 1. The van der Waals surface area contributed by atoms with Crippen molar-refractivity contribution >= 4 is 39.3 Å². The molecular weight excluding hydrogens is 750 g/mol. The Morgan fingerprint density at radius 1 is 1.04 bits per heavy atom. The zero-order valence-electron chi connectivity index (χ0n) is 28.9. The zero-order valence-corrected chi connectivity index (χ0v) is 30.4. The number of likely N-dealkylation sites (tertiary alicyclic amines) is 1. The third-order valence-electron chi connectivity index (χ3n) is 9.47. The molecule has 19 heteroatoms. The number of rotatable bonds is 9. The zero-order chi connectivity index (χ0) is 38.3. The third kappa shape index (κ3) is 7.28. The maximum atomic E-state index is 15.4. The Balaban J connectivity index is 1.47. The number of hydrogen-bond donors (Lipinski definition) is 0. The highest BCUT2D eigenvalue weighted by Crippen LogP contribution is 2.53. The van der Waals surface area contributed by atoms with Gasteiger partial charge in [0.1, 0.15) is 16.5 Å². The summed E-state index contributed by atoms with van der Waals surface area (Å²) >= 11 is 6.13. The van der Waals surface area contributed by atoms with Crippen molar-refractivity contribution in [3.63, 3.8) is 0 Å². The van der Waals surface area contributed by atoms with E-state index in [-0.39, 0.29) is 41.2 Å². The fourth-order valence-electron chi connectivity index (χ4n) is 6.87. The summed E-state index contributed by atoms with van der Waals surface area (Å²) in [5, 5.41) is -0.637. The summed E-state index contributed by atoms with van der Waals surface area (Å²) in [6.45, 7) is 4.82. The Morgan fingerprint density at radius 2 is 1.74 bits per heavy atom. The molecule has 3 aliphatic rings. The smallest absolute Gasteiger partial charge is 0.497 e. The number of piperidine rings is 1. The fraction of sp³-hybridized carbons (Fsp3) is 0.441. The van der Waals surface area contributed by atoms with Crippen LogP contribution in [0.5, 0.6) is 17.4 Å². The van der Waals surface area contributed by atoms with E-state index in [4.69, 9.17) is 25.8 Å². The minimum atomic E-state index is -5.40. The van der Waals surface area contributed by atoms with Gasteiger partial charge in [0.2, 0.25) is 5.88 Å². The summed E-state index contributed by atoms with van der Waals surface area (Å²) in [6.07, 6.45) is -3.19. The second-order valence-corrected chi connectivity index (χ2v) is 14.8. The summed E-state index contributed by atoms with van der Waals surface area (Å²) in [7, 11) is -2.21. The van der Waals surface area contributed by atoms with Gasteiger partial charge in [0.15, 0.2) is 5.75 Å². The number of sulfonamides is 1.